The van der Waals surface area contributed by atoms with Crippen molar-refractivity contribution in [1.29, 1.82) is 0 Å². The molecule has 1 fully saturated rings. The summed E-state index contributed by atoms with van der Waals surface area (Å²) in [7, 11) is 1.38. The molecule has 6 heteroatoms. The van der Waals surface area contributed by atoms with Crippen molar-refractivity contribution in [1.82, 2.24) is 14.6 Å². The number of pyridine rings is 1. The van der Waals surface area contributed by atoms with Gasteiger partial charge in [0, 0.05) is 17.9 Å². The minimum absolute atomic E-state index is 0.336. The Morgan fingerprint density at radius 2 is 2.42 bits per heavy atom. The molecule has 0 aliphatic carbocycles. The minimum Gasteiger partial charge on any atom is -0.465 e. The van der Waals surface area contributed by atoms with Crippen LogP contribution in [0.2, 0.25) is 0 Å². The second kappa shape index (κ2) is 5.21. The number of carbonyl (C=O) groups excluding carboxylic acids is 1. The lowest BCUT2D eigenvalue weighted by molar-refractivity contribution is 0.0600. The quantitative estimate of drug-likeness (QED) is 0.803. The Morgan fingerprint density at radius 1 is 1.53 bits per heavy atom. The van der Waals surface area contributed by atoms with Crippen molar-refractivity contribution in [3.05, 3.63) is 29.7 Å². The van der Waals surface area contributed by atoms with Gasteiger partial charge in [-0.25, -0.2) is 4.79 Å². The molecule has 3 heterocycles. The number of carbonyl (C=O) groups is 1. The average Bonchev–Trinajstić information content (AvgIpc) is 3.08. The lowest BCUT2D eigenvalue weighted by Crippen LogP contribution is -2.08. The Hall–Kier alpha value is -1.56. The molecule has 1 unspecified atom stereocenters. The molecule has 3 rings (SSSR count). The van der Waals surface area contributed by atoms with Gasteiger partial charge < -0.3 is 4.74 Å². The molecule has 0 amide bonds. The van der Waals surface area contributed by atoms with Crippen molar-refractivity contribution in [3.63, 3.8) is 0 Å². The number of methoxy groups -OCH3 is 1. The lowest BCUT2D eigenvalue weighted by atomic mass is 10.2. The molecule has 1 aliphatic rings. The lowest BCUT2D eigenvalue weighted by Gasteiger charge is -2.07. The van der Waals surface area contributed by atoms with Gasteiger partial charge in [0.05, 0.1) is 12.7 Å². The molecular weight excluding hydrogens is 262 g/mol. The predicted octanol–water partition coefficient (Wildman–Crippen LogP) is 1.95. The number of ether oxygens (including phenoxy) is 1. The van der Waals surface area contributed by atoms with Gasteiger partial charge in [-0.15, -0.1) is 10.2 Å². The number of thioether (sulfide) groups is 1. The number of hydrogen-bond acceptors (Lipinski definition) is 5. The fourth-order valence-electron chi connectivity index (χ4n) is 2.32. The van der Waals surface area contributed by atoms with Crippen LogP contribution in [0.5, 0.6) is 0 Å². The molecule has 0 bridgehead atoms. The first-order valence-corrected chi connectivity index (χ1v) is 7.36. The topological polar surface area (TPSA) is 56.5 Å². The smallest absolute Gasteiger partial charge is 0.339 e. The molecule has 2 aromatic heterocycles. The molecule has 0 saturated carbocycles. The molecule has 19 heavy (non-hydrogen) atoms. The van der Waals surface area contributed by atoms with Crippen molar-refractivity contribution in [2.75, 3.05) is 12.9 Å². The summed E-state index contributed by atoms with van der Waals surface area (Å²) in [6.45, 7) is 0. The van der Waals surface area contributed by atoms with Gasteiger partial charge >= 0.3 is 5.97 Å². The third kappa shape index (κ3) is 2.45. The van der Waals surface area contributed by atoms with E-state index in [1.807, 2.05) is 16.2 Å². The van der Waals surface area contributed by atoms with Crippen LogP contribution in [0.25, 0.3) is 5.65 Å². The first kappa shape index (κ1) is 12.5. The van der Waals surface area contributed by atoms with Gasteiger partial charge in [-0.1, -0.05) is 0 Å². The Morgan fingerprint density at radius 3 is 3.16 bits per heavy atom. The number of fused-ring (bicyclic) bond motifs is 1. The maximum atomic E-state index is 11.6. The third-order valence-electron chi connectivity index (χ3n) is 3.33. The molecule has 0 radical (unpaired) electrons. The highest BCUT2D eigenvalue weighted by Gasteiger charge is 2.19. The Balaban J connectivity index is 1.93. The number of nitrogens with zero attached hydrogens (tertiary/aromatic N) is 3. The largest absolute Gasteiger partial charge is 0.465 e. The van der Waals surface area contributed by atoms with E-state index in [4.69, 9.17) is 4.74 Å². The van der Waals surface area contributed by atoms with Gasteiger partial charge in [0.25, 0.3) is 0 Å². The van der Waals surface area contributed by atoms with Crippen LogP contribution in [0.3, 0.4) is 0 Å². The van der Waals surface area contributed by atoms with Crippen LogP contribution >= 0.6 is 11.8 Å². The van der Waals surface area contributed by atoms with E-state index in [0.717, 1.165) is 17.9 Å². The molecule has 100 valence electrons. The van der Waals surface area contributed by atoms with Crippen LogP contribution in [0.15, 0.2) is 18.3 Å². The summed E-state index contributed by atoms with van der Waals surface area (Å²) in [6.07, 6.45) is 5.17. The van der Waals surface area contributed by atoms with Crippen molar-refractivity contribution >= 4 is 23.4 Å². The summed E-state index contributed by atoms with van der Waals surface area (Å²) >= 11 is 1.99. The van der Waals surface area contributed by atoms with Gasteiger partial charge in [-0.3, -0.25) is 4.40 Å². The molecule has 2 aromatic rings. The number of rotatable bonds is 3. The zero-order valence-electron chi connectivity index (χ0n) is 10.7. The number of aromatic nitrogens is 3. The zero-order valence-corrected chi connectivity index (χ0v) is 11.5. The van der Waals surface area contributed by atoms with Crippen LogP contribution in [0.4, 0.5) is 0 Å². The molecule has 0 aromatic carbocycles. The number of hydrogen-bond donors (Lipinski definition) is 0. The zero-order chi connectivity index (χ0) is 13.2. The summed E-state index contributed by atoms with van der Waals surface area (Å²) in [6, 6.07) is 3.51. The van der Waals surface area contributed by atoms with E-state index in [2.05, 4.69) is 10.2 Å². The van der Waals surface area contributed by atoms with E-state index in [9.17, 15) is 4.79 Å². The van der Waals surface area contributed by atoms with Crippen molar-refractivity contribution in [3.8, 4) is 0 Å². The highest BCUT2D eigenvalue weighted by atomic mass is 32.2. The molecule has 0 N–H and O–H groups in total. The van der Waals surface area contributed by atoms with E-state index < -0.39 is 0 Å². The summed E-state index contributed by atoms with van der Waals surface area (Å²) in [5.74, 6) is 1.81. The Labute approximate surface area is 115 Å². The second-order valence-corrected chi connectivity index (χ2v) is 6.00. The predicted molar refractivity (Wildman–Crippen MR) is 73.5 cm³/mol. The van der Waals surface area contributed by atoms with E-state index >= 15 is 0 Å². The Bertz CT molecular complexity index is 605. The maximum absolute atomic E-state index is 11.6. The van der Waals surface area contributed by atoms with Crippen LogP contribution in [-0.4, -0.2) is 38.7 Å². The molecule has 1 aliphatic heterocycles. The first-order valence-electron chi connectivity index (χ1n) is 6.31. The van der Waals surface area contributed by atoms with E-state index in [-0.39, 0.29) is 5.97 Å². The van der Waals surface area contributed by atoms with Crippen LogP contribution in [0, 0.1) is 0 Å². The Kier molecular flexibility index (Phi) is 3.42. The second-order valence-electron chi connectivity index (χ2n) is 4.59. The highest BCUT2D eigenvalue weighted by molar-refractivity contribution is 8.00. The fraction of sp³-hybridized carbons (Fsp3) is 0.462. The maximum Gasteiger partial charge on any atom is 0.339 e. The van der Waals surface area contributed by atoms with Crippen LogP contribution < -0.4 is 0 Å². The molecule has 1 atom stereocenters. The van der Waals surface area contributed by atoms with Crippen molar-refractivity contribution in [2.45, 2.75) is 24.5 Å². The fourth-order valence-corrected chi connectivity index (χ4v) is 3.59. The van der Waals surface area contributed by atoms with E-state index in [0.29, 0.717) is 10.8 Å². The van der Waals surface area contributed by atoms with Crippen LogP contribution in [0.1, 0.15) is 29.0 Å². The standard InChI is InChI=1S/C13H15N3O2S/c1-18-13(17)9-4-5-11-14-15-12(16(11)8-9)7-10-3-2-6-19-10/h4-5,8,10H,2-3,6-7H2,1H3. The van der Waals surface area contributed by atoms with Gasteiger partial charge in [-0.05, 0) is 30.7 Å². The first-order chi connectivity index (χ1) is 9.28. The van der Waals surface area contributed by atoms with Crippen molar-refractivity contribution < 1.29 is 9.53 Å². The minimum atomic E-state index is -0.336. The molecular formula is C13H15N3O2S. The van der Waals surface area contributed by atoms with Gasteiger partial charge in [0.1, 0.15) is 5.82 Å². The summed E-state index contributed by atoms with van der Waals surface area (Å²) in [5, 5.41) is 8.99. The van der Waals surface area contributed by atoms with Gasteiger partial charge in [0.15, 0.2) is 5.65 Å². The van der Waals surface area contributed by atoms with Gasteiger partial charge in [0.2, 0.25) is 0 Å². The summed E-state index contributed by atoms with van der Waals surface area (Å²) < 4.78 is 6.63. The number of esters is 1. The highest BCUT2D eigenvalue weighted by Crippen LogP contribution is 2.28. The molecule has 1 saturated heterocycles. The van der Waals surface area contributed by atoms with Crippen molar-refractivity contribution in [2.24, 2.45) is 0 Å². The van der Waals surface area contributed by atoms with E-state index in [1.165, 1.54) is 25.7 Å². The third-order valence-corrected chi connectivity index (χ3v) is 4.73. The van der Waals surface area contributed by atoms with Gasteiger partial charge in [-0.2, -0.15) is 11.8 Å². The average molecular weight is 277 g/mol. The summed E-state index contributed by atoms with van der Waals surface area (Å²) in [5.41, 5.74) is 1.29. The monoisotopic (exact) mass is 277 g/mol. The van der Waals surface area contributed by atoms with E-state index in [1.54, 1.807) is 18.3 Å². The molecule has 0 spiro atoms. The normalized spacial score (nSPS) is 18.9. The molecule has 5 nitrogen and oxygen atoms in total. The van der Waals surface area contributed by atoms with Crippen LogP contribution in [-0.2, 0) is 11.2 Å². The SMILES string of the molecule is COC(=O)c1ccc2nnc(CC3CCCS3)n2c1. The summed E-state index contributed by atoms with van der Waals surface area (Å²) in [4.78, 5) is 11.6.